The monoisotopic (exact) mass is 274 g/mol. The topological polar surface area (TPSA) is 25.2 Å². The average Bonchev–Trinajstić information content (AvgIpc) is 2.30. The lowest BCUT2D eigenvalue weighted by Gasteiger charge is -1.98. The number of hydrogen-bond acceptors (Lipinski definition) is 2. The minimum Gasteiger partial charge on any atom is -0.237 e. The summed E-state index contributed by atoms with van der Waals surface area (Å²) in [5.41, 5.74) is 1.12. The molecule has 1 unspecified atom stereocenters. The predicted molar refractivity (Wildman–Crippen MR) is 51.9 cm³/mol. The Hall–Kier alpha value is -0.220. The molecule has 0 aromatic carbocycles. The molecule has 1 aromatic rings. The molecule has 0 saturated heterocycles. The highest BCUT2D eigenvalue weighted by Gasteiger charge is 2.22. The maximum atomic E-state index is 4.21. The molecule has 1 aromatic heterocycles. The first-order valence-corrected chi connectivity index (χ1v) is 4.83. The van der Waals surface area contributed by atoms with Crippen LogP contribution in [0.2, 0.25) is 0 Å². The molecule has 0 spiro atoms. The Bertz CT molecular complexity index is 322. The Morgan fingerprint density at radius 3 is 3.00 bits per heavy atom. The van der Waals surface area contributed by atoms with Gasteiger partial charge in [0.25, 0.3) is 0 Å². The van der Waals surface area contributed by atoms with E-state index in [1.807, 2.05) is 12.1 Å². The van der Waals surface area contributed by atoms with Crippen LogP contribution in [0.4, 0.5) is 5.82 Å². The number of rotatable bonds is 0. The molecule has 0 aliphatic carbocycles. The lowest BCUT2D eigenvalue weighted by molar-refractivity contribution is 1.25. The van der Waals surface area contributed by atoms with Gasteiger partial charge in [-0.3, -0.25) is 0 Å². The number of halogens is 2. The van der Waals surface area contributed by atoms with Crippen molar-refractivity contribution in [2.75, 3.05) is 0 Å². The lowest BCUT2D eigenvalue weighted by atomic mass is 10.2. The molecule has 1 atom stereocenters. The molecule has 11 heavy (non-hydrogen) atoms. The van der Waals surface area contributed by atoms with Crippen LogP contribution < -0.4 is 0 Å². The van der Waals surface area contributed by atoms with Gasteiger partial charge < -0.3 is 0 Å². The van der Waals surface area contributed by atoms with Gasteiger partial charge in [0.2, 0.25) is 0 Å². The van der Waals surface area contributed by atoms with E-state index >= 15 is 0 Å². The standard InChI is InChI=1S/C7H4Br2N2/c8-5-4-2-1-3-10-7(4)11-6(5)9/h1-3,5H. The minimum atomic E-state index is 0.186. The van der Waals surface area contributed by atoms with E-state index in [0.29, 0.717) is 0 Å². The summed E-state index contributed by atoms with van der Waals surface area (Å²) in [7, 11) is 0. The highest BCUT2D eigenvalue weighted by Crippen LogP contribution is 2.39. The molecular formula is C7H4Br2N2. The van der Waals surface area contributed by atoms with Crippen LogP contribution in [0, 0.1) is 0 Å². The van der Waals surface area contributed by atoms with Crippen LogP contribution in [0.15, 0.2) is 23.3 Å². The van der Waals surface area contributed by atoms with Crippen molar-refractivity contribution in [3.05, 3.63) is 23.9 Å². The average molecular weight is 276 g/mol. The first-order chi connectivity index (χ1) is 5.29. The second kappa shape index (κ2) is 2.68. The summed E-state index contributed by atoms with van der Waals surface area (Å²) < 4.78 is 0.895. The van der Waals surface area contributed by atoms with Crippen molar-refractivity contribution in [3.63, 3.8) is 0 Å². The Labute approximate surface area is 81.0 Å². The zero-order chi connectivity index (χ0) is 7.84. The van der Waals surface area contributed by atoms with Gasteiger partial charge in [0.1, 0.15) is 4.62 Å². The molecule has 0 bridgehead atoms. The van der Waals surface area contributed by atoms with Crippen molar-refractivity contribution >= 4 is 42.3 Å². The highest BCUT2D eigenvalue weighted by molar-refractivity contribution is 9.20. The Kier molecular flexibility index (Phi) is 1.81. The maximum Gasteiger partial charge on any atom is 0.157 e. The SMILES string of the molecule is BrC1=Nc2ncccc2C1Br. The molecule has 0 saturated carbocycles. The Morgan fingerprint density at radius 2 is 2.27 bits per heavy atom. The summed E-state index contributed by atoms with van der Waals surface area (Å²) in [6.07, 6.45) is 1.74. The number of alkyl halides is 1. The van der Waals surface area contributed by atoms with Gasteiger partial charge in [-0.15, -0.1) is 0 Å². The van der Waals surface area contributed by atoms with Gasteiger partial charge in [-0.1, -0.05) is 22.0 Å². The number of hydrogen-bond donors (Lipinski definition) is 0. The molecule has 1 aliphatic rings. The van der Waals surface area contributed by atoms with Gasteiger partial charge in [-0.2, -0.15) is 0 Å². The number of aromatic nitrogens is 1. The predicted octanol–water partition coefficient (Wildman–Crippen LogP) is 2.96. The largest absolute Gasteiger partial charge is 0.237 e. The van der Waals surface area contributed by atoms with Crippen molar-refractivity contribution in [1.29, 1.82) is 0 Å². The second-order valence-electron chi connectivity index (χ2n) is 2.21. The van der Waals surface area contributed by atoms with Gasteiger partial charge in [-0.05, 0) is 22.0 Å². The molecule has 56 valence electrons. The fourth-order valence-corrected chi connectivity index (χ4v) is 1.86. The zero-order valence-corrected chi connectivity index (χ0v) is 8.63. The summed E-state index contributed by atoms with van der Waals surface area (Å²) in [6, 6.07) is 3.92. The third-order valence-corrected chi connectivity index (χ3v) is 3.69. The third-order valence-electron chi connectivity index (χ3n) is 1.51. The smallest absolute Gasteiger partial charge is 0.157 e. The second-order valence-corrected chi connectivity index (χ2v) is 3.94. The van der Waals surface area contributed by atoms with Crippen LogP contribution in [-0.4, -0.2) is 9.60 Å². The Balaban J connectivity index is 2.58. The van der Waals surface area contributed by atoms with Crippen molar-refractivity contribution in [1.82, 2.24) is 4.98 Å². The van der Waals surface area contributed by atoms with E-state index in [1.54, 1.807) is 6.20 Å². The molecule has 2 nitrogen and oxygen atoms in total. The number of nitrogens with zero attached hydrogens (tertiary/aromatic N) is 2. The van der Waals surface area contributed by atoms with Crippen LogP contribution in [0.25, 0.3) is 0 Å². The van der Waals surface area contributed by atoms with Crippen LogP contribution in [-0.2, 0) is 0 Å². The fourth-order valence-electron chi connectivity index (χ4n) is 0.987. The van der Waals surface area contributed by atoms with Crippen molar-refractivity contribution in [2.24, 2.45) is 4.99 Å². The number of aliphatic imine (C=N–C) groups is 1. The van der Waals surface area contributed by atoms with E-state index in [-0.39, 0.29) is 4.83 Å². The summed E-state index contributed by atoms with van der Waals surface area (Å²) in [5, 5.41) is 0. The Morgan fingerprint density at radius 1 is 1.45 bits per heavy atom. The number of fused-ring (bicyclic) bond motifs is 1. The van der Waals surface area contributed by atoms with Crippen molar-refractivity contribution in [3.8, 4) is 0 Å². The molecule has 0 radical (unpaired) electrons. The van der Waals surface area contributed by atoms with Crippen molar-refractivity contribution in [2.45, 2.75) is 4.83 Å². The first kappa shape index (κ1) is 7.43. The normalized spacial score (nSPS) is 21.3. The van der Waals surface area contributed by atoms with Gasteiger partial charge in [0, 0.05) is 11.8 Å². The van der Waals surface area contributed by atoms with Gasteiger partial charge in [-0.25, -0.2) is 9.98 Å². The molecule has 1 aliphatic heterocycles. The molecule has 2 heterocycles. The van der Waals surface area contributed by atoms with Gasteiger partial charge >= 0.3 is 0 Å². The quantitative estimate of drug-likeness (QED) is 0.669. The van der Waals surface area contributed by atoms with Crippen LogP contribution in [0.1, 0.15) is 10.4 Å². The molecule has 0 amide bonds. The van der Waals surface area contributed by atoms with E-state index < -0.39 is 0 Å². The summed E-state index contributed by atoms with van der Waals surface area (Å²) >= 11 is 6.83. The molecule has 2 rings (SSSR count). The third kappa shape index (κ3) is 1.14. The van der Waals surface area contributed by atoms with E-state index in [0.717, 1.165) is 16.0 Å². The lowest BCUT2D eigenvalue weighted by Crippen LogP contribution is -1.90. The number of pyridine rings is 1. The summed E-state index contributed by atoms with van der Waals surface area (Å²) in [5.74, 6) is 0.807. The molecule has 0 N–H and O–H groups in total. The van der Waals surface area contributed by atoms with E-state index in [9.17, 15) is 0 Å². The van der Waals surface area contributed by atoms with Crippen LogP contribution in [0.3, 0.4) is 0 Å². The highest BCUT2D eigenvalue weighted by atomic mass is 79.9. The molecular weight excluding hydrogens is 272 g/mol. The van der Waals surface area contributed by atoms with Gasteiger partial charge in [0.05, 0.1) is 4.83 Å². The van der Waals surface area contributed by atoms with Crippen LogP contribution in [0.5, 0.6) is 0 Å². The van der Waals surface area contributed by atoms with Crippen molar-refractivity contribution < 1.29 is 0 Å². The summed E-state index contributed by atoms with van der Waals surface area (Å²) in [4.78, 5) is 8.51. The maximum absolute atomic E-state index is 4.21. The summed E-state index contributed by atoms with van der Waals surface area (Å²) in [6.45, 7) is 0. The van der Waals surface area contributed by atoms with Gasteiger partial charge in [0.15, 0.2) is 5.82 Å². The van der Waals surface area contributed by atoms with E-state index in [4.69, 9.17) is 0 Å². The van der Waals surface area contributed by atoms with E-state index in [2.05, 4.69) is 41.8 Å². The molecule has 4 heteroatoms. The van der Waals surface area contributed by atoms with E-state index in [1.165, 1.54) is 0 Å². The zero-order valence-electron chi connectivity index (χ0n) is 5.46. The first-order valence-electron chi connectivity index (χ1n) is 3.12. The van der Waals surface area contributed by atoms with Crippen LogP contribution >= 0.6 is 31.9 Å². The molecule has 0 fully saturated rings. The fraction of sp³-hybridized carbons (Fsp3) is 0.143. The minimum absolute atomic E-state index is 0.186.